The van der Waals surface area contributed by atoms with Gasteiger partial charge in [-0.25, -0.2) is 8.42 Å². The quantitative estimate of drug-likeness (QED) is 0.620. The number of aryl methyl sites for hydroxylation is 2. The first-order chi connectivity index (χ1) is 10.8. The maximum Gasteiger partial charge on any atom is 0.269 e. The van der Waals surface area contributed by atoms with Gasteiger partial charge in [0.25, 0.3) is 15.7 Å². The molecule has 0 amide bonds. The molecule has 0 atom stereocenters. The molecule has 0 saturated heterocycles. The lowest BCUT2D eigenvalue weighted by atomic mass is 10.1. The first kappa shape index (κ1) is 17.0. The number of hydrogen-bond acceptors (Lipinski definition) is 4. The van der Waals surface area contributed by atoms with E-state index in [-0.39, 0.29) is 17.1 Å². The molecule has 7 heteroatoms. The summed E-state index contributed by atoms with van der Waals surface area (Å²) in [4.78, 5) is 10.2. The summed E-state index contributed by atoms with van der Waals surface area (Å²) in [6.07, 6.45) is 0. The van der Waals surface area contributed by atoms with Crippen LogP contribution in [0.1, 0.15) is 18.1 Å². The van der Waals surface area contributed by atoms with E-state index in [1.165, 1.54) is 28.6 Å². The molecule has 122 valence electrons. The average Bonchev–Trinajstić information content (AvgIpc) is 2.51. The molecular weight excluding hydrogens is 316 g/mol. The van der Waals surface area contributed by atoms with Crippen LogP contribution in [0.3, 0.4) is 0 Å². The number of nitrogens with zero attached hydrogens (tertiary/aromatic N) is 2. The second-order valence-corrected chi connectivity index (χ2v) is 7.02. The van der Waals surface area contributed by atoms with Crippen LogP contribution >= 0.6 is 0 Å². The molecule has 0 spiro atoms. The summed E-state index contributed by atoms with van der Waals surface area (Å²) in [5, 5.41) is 10.7. The SMILES string of the molecule is CCN(c1c(C)cccc1C)S(=O)(=O)c1ccc([N+](=O)[O-])cc1. The van der Waals surface area contributed by atoms with Crippen LogP contribution in [0.25, 0.3) is 0 Å². The molecular formula is C16H18N2O4S. The molecule has 0 aromatic heterocycles. The lowest BCUT2D eigenvalue weighted by Crippen LogP contribution is -2.32. The Balaban J connectivity index is 2.53. The summed E-state index contributed by atoms with van der Waals surface area (Å²) >= 11 is 0. The van der Waals surface area contributed by atoms with E-state index in [9.17, 15) is 18.5 Å². The van der Waals surface area contributed by atoms with E-state index in [0.717, 1.165) is 11.1 Å². The zero-order valence-corrected chi connectivity index (χ0v) is 14.0. The zero-order chi connectivity index (χ0) is 17.2. The predicted octanol–water partition coefficient (Wildman–Crippen LogP) is 3.43. The lowest BCUT2D eigenvalue weighted by molar-refractivity contribution is -0.384. The Labute approximate surface area is 135 Å². The molecule has 0 heterocycles. The van der Waals surface area contributed by atoms with Gasteiger partial charge in [0.15, 0.2) is 0 Å². The van der Waals surface area contributed by atoms with Crippen LogP contribution < -0.4 is 4.31 Å². The van der Waals surface area contributed by atoms with Crippen molar-refractivity contribution in [3.63, 3.8) is 0 Å². The van der Waals surface area contributed by atoms with Crippen LogP contribution in [0.2, 0.25) is 0 Å². The van der Waals surface area contributed by atoms with Crippen LogP contribution in [0.15, 0.2) is 47.4 Å². The fraction of sp³-hybridized carbons (Fsp3) is 0.250. The predicted molar refractivity (Wildman–Crippen MR) is 89.2 cm³/mol. The number of benzene rings is 2. The molecule has 0 saturated carbocycles. The number of rotatable bonds is 5. The van der Waals surface area contributed by atoms with Gasteiger partial charge < -0.3 is 0 Å². The van der Waals surface area contributed by atoms with Crippen molar-refractivity contribution in [3.05, 3.63) is 63.7 Å². The van der Waals surface area contributed by atoms with Crippen molar-refractivity contribution >= 4 is 21.4 Å². The molecule has 2 aromatic carbocycles. The molecule has 0 fully saturated rings. The highest BCUT2D eigenvalue weighted by Gasteiger charge is 2.26. The minimum absolute atomic E-state index is 0.0348. The standard InChI is InChI=1S/C16H18N2O4S/c1-4-17(16-12(2)6-5-7-13(16)3)23(21,22)15-10-8-14(9-11-15)18(19)20/h5-11H,4H2,1-3H3. The van der Waals surface area contributed by atoms with Crippen molar-refractivity contribution in [2.75, 3.05) is 10.8 Å². The second-order valence-electron chi connectivity index (χ2n) is 5.16. The summed E-state index contributed by atoms with van der Waals surface area (Å²) < 4.78 is 27.1. The third-order valence-corrected chi connectivity index (χ3v) is 5.50. The first-order valence-electron chi connectivity index (χ1n) is 7.12. The monoisotopic (exact) mass is 334 g/mol. The highest BCUT2D eigenvalue weighted by atomic mass is 32.2. The summed E-state index contributed by atoms with van der Waals surface area (Å²) in [5.74, 6) is 0. The molecule has 0 aliphatic heterocycles. The van der Waals surface area contributed by atoms with Gasteiger partial charge in [0.2, 0.25) is 0 Å². The van der Waals surface area contributed by atoms with Crippen molar-refractivity contribution in [1.29, 1.82) is 0 Å². The Kier molecular flexibility index (Phi) is 4.70. The number of nitro benzene ring substituents is 1. The van der Waals surface area contributed by atoms with Crippen molar-refractivity contribution in [1.82, 2.24) is 0 Å². The number of para-hydroxylation sites is 1. The molecule has 0 bridgehead atoms. The van der Waals surface area contributed by atoms with E-state index in [2.05, 4.69) is 0 Å². The molecule has 23 heavy (non-hydrogen) atoms. The van der Waals surface area contributed by atoms with E-state index >= 15 is 0 Å². The molecule has 0 aliphatic rings. The molecule has 0 aliphatic carbocycles. The van der Waals surface area contributed by atoms with E-state index in [1.54, 1.807) is 6.92 Å². The second kappa shape index (κ2) is 6.37. The van der Waals surface area contributed by atoms with Crippen molar-refractivity contribution in [3.8, 4) is 0 Å². The summed E-state index contributed by atoms with van der Waals surface area (Å²) in [6, 6.07) is 10.5. The van der Waals surface area contributed by atoms with Crippen molar-refractivity contribution in [2.45, 2.75) is 25.7 Å². The third kappa shape index (κ3) is 3.19. The van der Waals surface area contributed by atoms with Gasteiger partial charge >= 0.3 is 0 Å². The van der Waals surface area contributed by atoms with Gasteiger partial charge in [-0.1, -0.05) is 18.2 Å². The Bertz CT molecular complexity index is 809. The molecule has 2 aromatic rings. The van der Waals surface area contributed by atoms with Crippen LogP contribution in [0, 0.1) is 24.0 Å². The fourth-order valence-electron chi connectivity index (χ4n) is 2.51. The largest absolute Gasteiger partial charge is 0.269 e. The smallest absolute Gasteiger partial charge is 0.266 e. The normalized spacial score (nSPS) is 11.3. The van der Waals surface area contributed by atoms with E-state index in [4.69, 9.17) is 0 Å². The number of non-ortho nitro benzene ring substituents is 1. The number of nitro groups is 1. The van der Waals surface area contributed by atoms with Gasteiger partial charge in [-0.05, 0) is 44.0 Å². The molecule has 6 nitrogen and oxygen atoms in total. The van der Waals surface area contributed by atoms with Gasteiger partial charge in [0.05, 0.1) is 15.5 Å². The van der Waals surface area contributed by atoms with Crippen LogP contribution in [-0.4, -0.2) is 19.9 Å². The van der Waals surface area contributed by atoms with Crippen molar-refractivity contribution in [2.24, 2.45) is 0 Å². The summed E-state index contributed by atoms with van der Waals surface area (Å²) in [6.45, 7) is 5.74. The highest BCUT2D eigenvalue weighted by Crippen LogP contribution is 2.30. The maximum absolute atomic E-state index is 12.9. The highest BCUT2D eigenvalue weighted by molar-refractivity contribution is 7.92. The molecule has 2 rings (SSSR count). The van der Waals surface area contributed by atoms with Crippen LogP contribution in [0.5, 0.6) is 0 Å². The van der Waals surface area contributed by atoms with Gasteiger partial charge in [0.1, 0.15) is 0 Å². The van der Waals surface area contributed by atoms with Crippen molar-refractivity contribution < 1.29 is 13.3 Å². The van der Waals surface area contributed by atoms with E-state index < -0.39 is 14.9 Å². The fourth-order valence-corrected chi connectivity index (χ4v) is 4.12. The molecule has 0 N–H and O–H groups in total. The topological polar surface area (TPSA) is 80.5 Å². The van der Waals surface area contributed by atoms with Crippen LogP contribution in [-0.2, 0) is 10.0 Å². The summed E-state index contributed by atoms with van der Waals surface area (Å²) in [5.41, 5.74) is 2.22. The van der Waals surface area contributed by atoms with Gasteiger partial charge in [-0.2, -0.15) is 0 Å². The van der Waals surface area contributed by atoms with E-state index in [1.807, 2.05) is 32.0 Å². The number of hydrogen-bond donors (Lipinski definition) is 0. The van der Waals surface area contributed by atoms with E-state index in [0.29, 0.717) is 5.69 Å². The third-order valence-electron chi connectivity index (χ3n) is 3.61. The Morgan fingerprint density at radius 3 is 2.00 bits per heavy atom. The van der Waals surface area contributed by atoms with Crippen LogP contribution in [0.4, 0.5) is 11.4 Å². The van der Waals surface area contributed by atoms with Gasteiger partial charge in [-0.3, -0.25) is 14.4 Å². The first-order valence-corrected chi connectivity index (χ1v) is 8.56. The molecule has 0 radical (unpaired) electrons. The molecule has 0 unspecified atom stereocenters. The minimum atomic E-state index is -3.78. The lowest BCUT2D eigenvalue weighted by Gasteiger charge is -2.26. The Morgan fingerprint density at radius 2 is 1.57 bits per heavy atom. The Hall–Kier alpha value is -2.41. The number of anilines is 1. The maximum atomic E-state index is 12.9. The minimum Gasteiger partial charge on any atom is -0.266 e. The Morgan fingerprint density at radius 1 is 1.04 bits per heavy atom. The summed E-state index contributed by atoms with van der Waals surface area (Å²) in [7, 11) is -3.78. The zero-order valence-electron chi connectivity index (χ0n) is 13.2. The number of sulfonamides is 1. The van der Waals surface area contributed by atoms with Gasteiger partial charge in [-0.15, -0.1) is 0 Å². The van der Waals surface area contributed by atoms with Gasteiger partial charge in [0, 0.05) is 18.7 Å². The average molecular weight is 334 g/mol.